The molecule has 2 fully saturated rings. The van der Waals surface area contributed by atoms with E-state index in [0.29, 0.717) is 41.8 Å². The molecular formula is C21H22ClFN6O2. The van der Waals surface area contributed by atoms with Crippen LogP contribution < -0.4 is 5.32 Å². The van der Waals surface area contributed by atoms with Crippen LogP contribution in [0.2, 0.25) is 5.02 Å². The molecule has 162 valence electrons. The lowest BCUT2D eigenvalue weighted by molar-refractivity contribution is -0.142. The van der Waals surface area contributed by atoms with Gasteiger partial charge in [0.1, 0.15) is 11.8 Å². The van der Waals surface area contributed by atoms with Crippen LogP contribution >= 0.6 is 11.6 Å². The van der Waals surface area contributed by atoms with Crippen LogP contribution in [0.5, 0.6) is 0 Å². The fourth-order valence-corrected chi connectivity index (χ4v) is 4.38. The lowest BCUT2D eigenvalue weighted by atomic mass is 10.0. The highest BCUT2D eigenvalue weighted by molar-refractivity contribution is 6.31. The molecule has 5 rings (SSSR count). The third-order valence-electron chi connectivity index (χ3n) is 5.76. The third kappa shape index (κ3) is 4.07. The first-order chi connectivity index (χ1) is 15.1. The lowest BCUT2D eigenvalue weighted by Gasteiger charge is -2.34. The Morgan fingerprint density at radius 2 is 2.19 bits per heavy atom. The Bertz CT molecular complexity index is 1120. The molecule has 3 aromatic rings. The highest BCUT2D eigenvalue weighted by Gasteiger charge is 2.31. The standard InChI is InChI=1S/C21H22ClFN6O2/c22-12-7-14-15(9-25-18(14)24-8-12)19-26-10-16(23)20(28-19)27-13-3-1-5-29(11-13)21(30)17-4-2-6-31-17/h7-10,13,17H,1-6,11H2,(H,24,25)(H,26,27,28)/t13-,17-/m0/s1. The first-order valence-electron chi connectivity index (χ1n) is 10.4. The second-order valence-corrected chi connectivity index (χ2v) is 8.35. The van der Waals surface area contributed by atoms with Gasteiger partial charge in [-0.05, 0) is 31.7 Å². The summed E-state index contributed by atoms with van der Waals surface area (Å²) in [6, 6.07) is 1.67. The molecular weight excluding hydrogens is 423 g/mol. The first kappa shape index (κ1) is 20.1. The highest BCUT2D eigenvalue weighted by atomic mass is 35.5. The molecule has 2 N–H and O–H groups in total. The van der Waals surface area contributed by atoms with Crippen molar-refractivity contribution in [3.63, 3.8) is 0 Å². The van der Waals surface area contributed by atoms with E-state index < -0.39 is 5.82 Å². The summed E-state index contributed by atoms with van der Waals surface area (Å²) < 4.78 is 20.0. The van der Waals surface area contributed by atoms with Crippen LogP contribution in [-0.4, -0.2) is 62.6 Å². The van der Waals surface area contributed by atoms with Crippen molar-refractivity contribution in [2.45, 2.75) is 37.8 Å². The Morgan fingerprint density at radius 1 is 1.29 bits per heavy atom. The first-order valence-corrected chi connectivity index (χ1v) is 10.8. The number of likely N-dealkylation sites (tertiary alicyclic amines) is 1. The van der Waals surface area contributed by atoms with Gasteiger partial charge in [-0.1, -0.05) is 11.6 Å². The van der Waals surface area contributed by atoms with Crippen molar-refractivity contribution in [2.75, 3.05) is 25.0 Å². The summed E-state index contributed by atoms with van der Waals surface area (Å²) in [4.78, 5) is 30.4. The van der Waals surface area contributed by atoms with E-state index in [0.717, 1.165) is 37.3 Å². The molecule has 2 atom stereocenters. The Morgan fingerprint density at radius 3 is 3.03 bits per heavy atom. The molecule has 2 aliphatic rings. The van der Waals surface area contributed by atoms with Crippen molar-refractivity contribution in [2.24, 2.45) is 0 Å². The molecule has 0 aliphatic carbocycles. The number of aromatic nitrogens is 4. The number of ether oxygens (including phenoxy) is 1. The van der Waals surface area contributed by atoms with Gasteiger partial charge in [-0.15, -0.1) is 0 Å². The fraction of sp³-hybridized carbons (Fsp3) is 0.429. The molecule has 1 amide bonds. The SMILES string of the molecule is O=C([C@@H]1CCCO1)N1CCC[C@H](Nc2nc(-c3c[nH]c4ncc(Cl)cc34)ncc2F)C1. The van der Waals surface area contributed by atoms with Crippen molar-refractivity contribution in [1.29, 1.82) is 0 Å². The molecule has 3 aromatic heterocycles. The quantitative estimate of drug-likeness (QED) is 0.640. The zero-order chi connectivity index (χ0) is 21.4. The topological polar surface area (TPSA) is 96.0 Å². The maximum absolute atomic E-state index is 14.5. The molecule has 31 heavy (non-hydrogen) atoms. The maximum Gasteiger partial charge on any atom is 0.251 e. The van der Waals surface area contributed by atoms with Gasteiger partial charge in [-0.2, -0.15) is 0 Å². The van der Waals surface area contributed by atoms with Crippen LogP contribution in [0, 0.1) is 5.82 Å². The van der Waals surface area contributed by atoms with Crippen LogP contribution in [0.4, 0.5) is 10.2 Å². The van der Waals surface area contributed by atoms with Crippen LogP contribution in [-0.2, 0) is 9.53 Å². The third-order valence-corrected chi connectivity index (χ3v) is 5.97. The summed E-state index contributed by atoms with van der Waals surface area (Å²) in [6.07, 6.45) is 7.42. The summed E-state index contributed by atoms with van der Waals surface area (Å²) in [5.74, 6) is -0.0357. The van der Waals surface area contributed by atoms with Crippen LogP contribution in [0.25, 0.3) is 22.4 Å². The number of anilines is 1. The summed E-state index contributed by atoms with van der Waals surface area (Å²) >= 11 is 6.08. The van der Waals surface area contributed by atoms with Crippen molar-refractivity contribution >= 4 is 34.4 Å². The minimum Gasteiger partial charge on any atom is -0.368 e. The number of fused-ring (bicyclic) bond motifs is 1. The zero-order valence-corrected chi connectivity index (χ0v) is 17.5. The molecule has 0 radical (unpaired) electrons. The number of halogens is 2. The van der Waals surface area contributed by atoms with E-state index in [-0.39, 0.29) is 23.9 Å². The lowest BCUT2D eigenvalue weighted by Crippen LogP contribution is -2.48. The second-order valence-electron chi connectivity index (χ2n) is 7.91. The van der Waals surface area contributed by atoms with Gasteiger partial charge in [0.15, 0.2) is 17.5 Å². The van der Waals surface area contributed by atoms with Crippen LogP contribution in [0.15, 0.2) is 24.7 Å². The number of pyridine rings is 1. The van der Waals surface area contributed by atoms with E-state index in [1.54, 1.807) is 18.5 Å². The van der Waals surface area contributed by atoms with Gasteiger partial charge in [0.2, 0.25) is 0 Å². The van der Waals surface area contributed by atoms with Gasteiger partial charge in [-0.3, -0.25) is 4.79 Å². The predicted octanol–water partition coefficient (Wildman–Crippen LogP) is 3.39. The van der Waals surface area contributed by atoms with E-state index >= 15 is 0 Å². The number of H-pyrrole nitrogens is 1. The van der Waals surface area contributed by atoms with Crippen molar-refractivity contribution < 1.29 is 13.9 Å². The Kier molecular flexibility index (Phi) is 5.45. The average Bonchev–Trinajstić information content (AvgIpc) is 3.45. The Hall–Kier alpha value is -2.78. The monoisotopic (exact) mass is 444 g/mol. The molecule has 2 saturated heterocycles. The zero-order valence-electron chi connectivity index (χ0n) is 16.8. The molecule has 8 nitrogen and oxygen atoms in total. The number of carbonyl (C=O) groups is 1. The van der Waals surface area contributed by atoms with Gasteiger partial charge in [0.05, 0.1) is 11.2 Å². The number of amides is 1. The number of nitrogens with one attached hydrogen (secondary N) is 2. The van der Waals surface area contributed by atoms with Gasteiger partial charge in [0, 0.05) is 49.1 Å². The van der Waals surface area contributed by atoms with Crippen molar-refractivity contribution in [3.8, 4) is 11.4 Å². The number of piperidine rings is 1. The predicted molar refractivity (Wildman–Crippen MR) is 114 cm³/mol. The van der Waals surface area contributed by atoms with E-state index in [4.69, 9.17) is 16.3 Å². The molecule has 0 aromatic carbocycles. The fourth-order valence-electron chi connectivity index (χ4n) is 4.23. The molecule has 10 heteroatoms. The minimum atomic E-state index is -0.540. The van der Waals surface area contributed by atoms with Crippen LogP contribution in [0.3, 0.4) is 0 Å². The van der Waals surface area contributed by atoms with Crippen LogP contribution in [0.1, 0.15) is 25.7 Å². The number of rotatable bonds is 4. The van der Waals surface area contributed by atoms with Crippen molar-refractivity contribution in [1.82, 2.24) is 24.8 Å². The van der Waals surface area contributed by atoms with E-state index in [2.05, 4.69) is 25.3 Å². The number of hydrogen-bond acceptors (Lipinski definition) is 6. The smallest absolute Gasteiger partial charge is 0.251 e. The van der Waals surface area contributed by atoms with Gasteiger partial charge in [-0.25, -0.2) is 19.3 Å². The van der Waals surface area contributed by atoms with E-state index in [1.165, 1.54) is 0 Å². The molecule has 2 aliphatic heterocycles. The van der Waals surface area contributed by atoms with Gasteiger partial charge < -0.3 is 19.9 Å². The van der Waals surface area contributed by atoms with Gasteiger partial charge >= 0.3 is 0 Å². The van der Waals surface area contributed by atoms with E-state index in [9.17, 15) is 9.18 Å². The largest absolute Gasteiger partial charge is 0.368 e. The summed E-state index contributed by atoms with van der Waals surface area (Å²) in [5, 5.41) is 4.43. The second kappa shape index (κ2) is 8.39. The number of carbonyl (C=O) groups excluding carboxylic acids is 1. The molecule has 0 bridgehead atoms. The molecule has 0 unspecified atom stereocenters. The molecule has 0 saturated carbocycles. The summed E-state index contributed by atoms with van der Waals surface area (Å²) in [6.45, 7) is 1.82. The summed E-state index contributed by atoms with van der Waals surface area (Å²) in [5.41, 5.74) is 1.34. The number of aromatic amines is 1. The minimum absolute atomic E-state index is 0.0241. The molecule has 0 spiro atoms. The van der Waals surface area contributed by atoms with E-state index in [1.807, 2.05) is 4.90 Å². The van der Waals surface area contributed by atoms with Gasteiger partial charge in [0.25, 0.3) is 5.91 Å². The maximum atomic E-state index is 14.5. The normalized spacial score (nSPS) is 21.5. The molecule has 5 heterocycles. The Labute approximate surface area is 183 Å². The average molecular weight is 445 g/mol. The Balaban J connectivity index is 1.35. The number of hydrogen-bond donors (Lipinski definition) is 2. The highest BCUT2D eigenvalue weighted by Crippen LogP contribution is 2.28. The number of nitrogens with zero attached hydrogens (tertiary/aromatic N) is 4. The summed E-state index contributed by atoms with van der Waals surface area (Å²) in [7, 11) is 0. The van der Waals surface area contributed by atoms with Crippen molar-refractivity contribution in [3.05, 3.63) is 35.5 Å².